The number of nitrogens with zero attached hydrogens (tertiary/aromatic N) is 3. The molecule has 0 saturated heterocycles. The fourth-order valence-electron chi connectivity index (χ4n) is 3.51. The van der Waals surface area contributed by atoms with E-state index in [4.69, 9.17) is 21.1 Å². The lowest BCUT2D eigenvalue weighted by Gasteiger charge is -2.07. The molecule has 0 unspecified atom stereocenters. The molecule has 0 radical (unpaired) electrons. The number of amides is 1. The molecule has 2 heterocycles. The number of benzene rings is 3. The van der Waals surface area contributed by atoms with Gasteiger partial charge in [0.25, 0.3) is 0 Å². The van der Waals surface area contributed by atoms with Crippen LogP contribution in [0, 0.1) is 11.8 Å². The van der Waals surface area contributed by atoms with Crippen LogP contribution in [0.4, 0.5) is 0 Å². The molecule has 8 nitrogen and oxygen atoms in total. The van der Waals surface area contributed by atoms with Crippen LogP contribution in [-0.4, -0.2) is 20.9 Å². The Bertz CT molecular complexity index is 1550. The van der Waals surface area contributed by atoms with Crippen molar-refractivity contribution in [3.8, 4) is 34.5 Å². The number of hydrogen-bond donors (Lipinski definition) is 1. The van der Waals surface area contributed by atoms with Gasteiger partial charge in [0.1, 0.15) is 17.2 Å². The van der Waals surface area contributed by atoms with E-state index in [1.54, 1.807) is 25.1 Å². The zero-order valence-corrected chi connectivity index (χ0v) is 19.1. The molecule has 35 heavy (non-hydrogen) atoms. The predicted octanol–water partition coefficient (Wildman–Crippen LogP) is 7.08. The third kappa shape index (κ3) is 4.73. The number of rotatable bonds is 6. The van der Waals surface area contributed by atoms with Gasteiger partial charge in [0.2, 0.25) is 0 Å². The van der Waals surface area contributed by atoms with Crippen LogP contribution in [0.5, 0.6) is 23.3 Å². The van der Waals surface area contributed by atoms with Gasteiger partial charge in [0.15, 0.2) is 5.65 Å². The standard InChI is InChI=1S/C26H17ClN4O4/c1-15-7-10-19(13-20(15)25(32)31-33)35-26-28-22-14-21(27)23(29-24(22)30-26)16-8-11-18(12-9-16)34-17-5-3-2-4-6-17/h2-14H,1H3,(H,28,29,30). The molecule has 0 fully saturated rings. The number of carbonyl (C=O) groups is 1. The average molecular weight is 485 g/mol. The zero-order chi connectivity index (χ0) is 24.4. The van der Waals surface area contributed by atoms with E-state index in [1.807, 2.05) is 54.6 Å². The summed E-state index contributed by atoms with van der Waals surface area (Å²) in [6, 6.07) is 23.6. The van der Waals surface area contributed by atoms with Crippen LogP contribution >= 0.6 is 11.6 Å². The smallest absolute Gasteiger partial charge is 0.317 e. The van der Waals surface area contributed by atoms with E-state index >= 15 is 0 Å². The Labute approximate surface area is 204 Å². The molecule has 0 aliphatic carbocycles. The van der Waals surface area contributed by atoms with Crippen LogP contribution in [0.25, 0.3) is 22.4 Å². The molecule has 0 bridgehead atoms. The summed E-state index contributed by atoms with van der Waals surface area (Å²) in [6.45, 7) is 1.71. The minimum Gasteiger partial charge on any atom is -0.457 e. The summed E-state index contributed by atoms with van der Waals surface area (Å²) in [5, 5.41) is 2.91. The van der Waals surface area contributed by atoms with Gasteiger partial charge >= 0.3 is 11.9 Å². The number of halogens is 1. The number of nitroso groups, excluding NO2 is 1. The highest BCUT2D eigenvalue weighted by atomic mass is 35.5. The molecule has 0 spiro atoms. The molecule has 2 aromatic heterocycles. The molecule has 0 atom stereocenters. The number of carbonyl (C=O) groups excluding carboxylic acids is 1. The van der Waals surface area contributed by atoms with Gasteiger partial charge in [0, 0.05) is 10.7 Å². The summed E-state index contributed by atoms with van der Waals surface area (Å²) in [7, 11) is 0. The Kier molecular flexibility index (Phi) is 5.95. The van der Waals surface area contributed by atoms with Crippen molar-refractivity contribution in [2.75, 3.05) is 0 Å². The van der Waals surface area contributed by atoms with Crippen LogP contribution < -0.4 is 9.47 Å². The second-order valence-electron chi connectivity index (χ2n) is 7.65. The van der Waals surface area contributed by atoms with Crippen LogP contribution in [0.15, 0.2) is 84.0 Å². The number of ether oxygens (including phenoxy) is 2. The molecule has 1 N–H and O–H groups in total. The minimum atomic E-state index is -0.865. The molecule has 0 saturated carbocycles. The Morgan fingerprint density at radius 3 is 2.34 bits per heavy atom. The highest BCUT2D eigenvalue weighted by molar-refractivity contribution is 6.33. The van der Waals surface area contributed by atoms with Crippen molar-refractivity contribution in [2.45, 2.75) is 6.92 Å². The Morgan fingerprint density at radius 2 is 1.60 bits per heavy atom. The maximum atomic E-state index is 11.7. The number of pyridine rings is 1. The topological polar surface area (TPSA) is 107 Å². The highest BCUT2D eigenvalue weighted by Crippen LogP contribution is 2.32. The summed E-state index contributed by atoms with van der Waals surface area (Å²) < 4.78 is 11.6. The van der Waals surface area contributed by atoms with E-state index in [1.165, 1.54) is 6.07 Å². The number of hydrogen-bond acceptors (Lipinski definition) is 6. The quantitative estimate of drug-likeness (QED) is 0.258. The number of fused-ring (bicyclic) bond motifs is 1. The molecule has 5 rings (SSSR count). The van der Waals surface area contributed by atoms with E-state index in [0.717, 1.165) is 11.3 Å². The van der Waals surface area contributed by atoms with Crippen molar-refractivity contribution in [3.05, 3.63) is 99.9 Å². The summed E-state index contributed by atoms with van der Waals surface area (Å²) in [5.74, 6) is 0.889. The summed E-state index contributed by atoms with van der Waals surface area (Å²) >= 11 is 6.51. The number of nitrogens with one attached hydrogen (secondary N) is 1. The first-order chi connectivity index (χ1) is 17.0. The van der Waals surface area contributed by atoms with Crippen molar-refractivity contribution in [3.63, 3.8) is 0 Å². The van der Waals surface area contributed by atoms with Gasteiger partial charge in [-0.1, -0.05) is 35.9 Å². The second kappa shape index (κ2) is 9.36. The zero-order valence-electron chi connectivity index (χ0n) is 18.4. The van der Waals surface area contributed by atoms with E-state index < -0.39 is 5.91 Å². The van der Waals surface area contributed by atoms with Crippen LogP contribution in [0.3, 0.4) is 0 Å². The van der Waals surface area contributed by atoms with E-state index in [2.05, 4.69) is 20.1 Å². The largest absolute Gasteiger partial charge is 0.457 e. The molecular weight excluding hydrogens is 468 g/mol. The fraction of sp³-hybridized carbons (Fsp3) is 0.0385. The van der Waals surface area contributed by atoms with E-state index in [0.29, 0.717) is 38.9 Å². The number of imidazole rings is 1. The van der Waals surface area contributed by atoms with Gasteiger partial charge in [-0.05, 0) is 67.1 Å². The van der Waals surface area contributed by atoms with Gasteiger partial charge in [-0.2, -0.15) is 4.98 Å². The number of aryl methyl sites for hydroxylation is 1. The lowest BCUT2D eigenvalue weighted by atomic mass is 10.1. The average Bonchev–Trinajstić information content (AvgIpc) is 3.26. The first-order valence-electron chi connectivity index (χ1n) is 10.6. The predicted molar refractivity (Wildman–Crippen MR) is 132 cm³/mol. The molecule has 5 aromatic rings. The van der Waals surface area contributed by atoms with Crippen LogP contribution in [0.2, 0.25) is 5.02 Å². The van der Waals surface area contributed by atoms with Crippen molar-refractivity contribution in [1.29, 1.82) is 0 Å². The first-order valence-corrected chi connectivity index (χ1v) is 10.9. The Morgan fingerprint density at radius 1 is 0.886 bits per heavy atom. The first kappa shape index (κ1) is 22.2. The van der Waals surface area contributed by atoms with Gasteiger partial charge in [-0.25, -0.2) is 4.98 Å². The number of H-pyrrole nitrogens is 1. The molecule has 3 aromatic carbocycles. The van der Waals surface area contributed by atoms with Gasteiger partial charge < -0.3 is 14.5 Å². The molecule has 9 heteroatoms. The number of para-hydroxylation sites is 1. The van der Waals surface area contributed by atoms with Gasteiger partial charge in [0.05, 0.1) is 21.8 Å². The summed E-state index contributed by atoms with van der Waals surface area (Å²) in [6.07, 6.45) is 0. The third-order valence-electron chi connectivity index (χ3n) is 5.25. The lowest BCUT2D eigenvalue weighted by Crippen LogP contribution is -1.98. The number of aromatic nitrogens is 3. The Hall–Kier alpha value is -4.56. The maximum absolute atomic E-state index is 11.7. The molecule has 172 valence electrons. The Balaban J connectivity index is 1.40. The van der Waals surface area contributed by atoms with Crippen LogP contribution in [0.1, 0.15) is 15.9 Å². The number of aromatic amines is 1. The van der Waals surface area contributed by atoms with Gasteiger partial charge in [-0.3, -0.25) is 4.79 Å². The minimum absolute atomic E-state index is 0.161. The van der Waals surface area contributed by atoms with E-state index in [-0.39, 0.29) is 11.6 Å². The molecule has 0 aliphatic heterocycles. The lowest BCUT2D eigenvalue weighted by molar-refractivity contribution is 0.1000. The maximum Gasteiger partial charge on any atom is 0.317 e. The van der Waals surface area contributed by atoms with Crippen molar-refractivity contribution in [1.82, 2.24) is 15.0 Å². The molecule has 1 amide bonds. The molecular formula is C26H17ClN4O4. The third-order valence-corrected chi connectivity index (χ3v) is 5.54. The summed E-state index contributed by atoms with van der Waals surface area (Å²) in [4.78, 5) is 34.3. The molecule has 0 aliphatic rings. The second-order valence-corrected chi connectivity index (χ2v) is 8.05. The van der Waals surface area contributed by atoms with Crippen molar-refractivity contribution >= 4 is 28.7 Å². The highest BCUT2D eigenvalue weighted by Gasteiger charge is 2.15. The van der Waals surface area contributed by atoms with Gasteiger partial charge in [-0.15, -0.1) is 4.91 Å². The van der Waals surface area contributed by atoms with Crippen LogP contribution in [-0.2, 0) is 0 Å². The van der Waals surface area contributed by atoms with Crippen molar-refractivity contribution in [2.24, 2.45) is 5.18 Å². The normalized spacial score (nSPS) is 10.8. The monoisotopic (exact) mass is 484 g/mol. The van der Waals surface area contributed by atoms with E-state index in [9.17, 15) is 9.70 Å². The van der Waals surface area contributed by atoms with Crippen molar-refractivity contribution < 1.29 is 14.3 Å². The summed E-state index contributed by atoms with van der Waals surface area (Å²) in [5.41, 5.74) is 3.12. The SMILES string of the molecule is Cc1ccc(Oc2nc3nc(-c4ccc(Oc5ccccc5)cc4)c(Cl)cc3[nH]2)cc1C(=O)N=O. The fourth-order valence-corrected chi connectivity index (χ4v) is 3.77.